The molecule has 0 spiro atoms. The van der Waals surface area contributed by atoms with E-state index in [1.165, 1.54) is 11.8 Å². The van der Waals surface area contributed by atoms with Gasteiger partial charge in [-0.3, -0.25) is 9.59 Å². The third kappa shape index (κ3) is 5.35. The Morgan fingerprint density at radius 2 is 1.78 bits per heavy atom. The molecule has 0 aliphatic heterocycles. The first-order chi connectivity index (χ1) is 13.1. The Balaban J connectivity index is 1.42. The molecule has 0 radical (unpaired) electrons. The molecule has 0 saturated heterocycles. The number of para-hydroxylation sites is 1. The normalized spacial score (nSPS) is 10.4. The molecular formula is C19H17ClN4O2S. The van der Waals surface area contributed by atoms with Gasteiger partial charge in [-0.1, -0.05) is 65.8 Å². The van der Waals surface area contributed by atoms with E-state index in [1.807, 2.05) is 30.3 Å². The van der Waals surface area contributed by atoms with Gasteiger partial charge in [-0.25, -0.2) is 4.98 Å². The largest absolute Gasteiger partial charge is 0.347 e. The fourth-order valence-electron chi connectivity index (χ4n) is 2.27. The molecule has 0 unspecified atom stereocenters. The lowest BCUT2D eigenvalue weighted by atomic mass is 10.2. The van der Waals surface area contributed by atoms with E-state index in [0.717, 1.165) is 16.4 Å². The number of thioether (sulfide) groups is 1. The molecule has 3 aromatic rings. The first kappa shape index (κ1) is 19.0. The fourth-order valence-corrected chi connectivity index (χ4v) is 3.16. The number of carbonyl (C=O) groups excluding carboxylic acids is 2. The van der Waals surface area contributed by atoms with Gasteiger partial charge in [0, 0.05) is 12.3 Å². The molecule has 3 rings (SSSR count). The van der Waals surface area contributed by atoms with Crippen LogP contribution in [0.15, 0.2) is 66.0 Å². The molecule has 1 heterocycles. The molecule has 0 fully saturated rings. The molecule has 0 aliphatic carbocycles. The zero-order valence-corrected chi connectivity index (χ0v) is 15.8. The van der Waals surface area contributed by atoms with E-state index in [1.54, 1.807) is 30.5 Å². The molecule has 0 aliphatic rings. The third-order valence-electron chi connectivity index (χ3n) is 3.59. The Labute approximate surface area is 165 Å². The number of halogens is 1. The molecule has 138 valence electrons. The van der Waals surface area contributed by atoms with Gasteiger partial charge in [0.2, 0.25) is 0 Å². The van der Waals surface area contributed by atoms with Crippen LogP contribution in [0.5, 0.6) is 0 Å². The summed E-state index contributed by atoms with van der Waals surface area (Å²) in [4.78, 5) is 31.3. The number of aromatic nitrogens is 2. The first-order valence-corrected chi connectivity index (χ1v) is 9.57. The molecule has 0 bridgehead atoms. The van der Waals surface area contributed by atoms with Crippen LogP contribution in [-0.4, -0.2) is 34.1 Å². The van der Waals surface area contributed by atoms with Crippen molar-refractivity contribution in [1.82, 2.24) is 15.3 Å². The summed E-state index contributed by atoms with van der Waals surface area (Å²) in [6.07, 6.45) is 1.77. The lowest BCUT2D eigenvalue weighted by Crippen LogP contribution is -2.36. The molecule has 0 saturated carbocycles. The van der Waals surface area contributed by atoms with Crippen LogP contribution in [-0.2, 0) is 9.59 Å². The highest BCUT2D eigenvalue weighted by Crippen LogP contribution is 2.21. The van der Waals surface area contributed by atoms with Crippen LogP contribution in [0.2, 0.25) is 5.02 Å². The summed E-state index contributed by atoms with van der Waals surface area (Å²) >= 11 is 7.42. The second-order valence-electron chi connectivity index (χ2n) is 5.51. The highest BCUT2D eigenvalue weighted by atomic mass is 35.5. The van der Waals surface area contributed by atoms with Crippen LogP contribution in [0, 0.1) is 0 Å². The van der Waals surface area contributed by atoms with E-state index in [0.29, 0.717) is 23.0 Å². The molecule has 2 amide bonds. The number of hydrogen-bond acceptors (Lipinski definition) is 4. The van der Waals surface area contributed by atoms with Crippen molar-refractivity contribution in [2.24, 2.45) is 0 Å². The van der Waals surface area contributed by atoms with Crippen LogP contribution in [0.1, 0.15) is 0 Å². The topological polar surface area (TPSA) is 86.9 Å². The number of carbonyl (C=O) groups is 2. The van der Waals surface area contributed by atoms with Gasteiger partial charge in [-0.05, 0) is 17.7 Å². The highest BCUT2D eigenvalue weighted by Gasteiger charge is 2.14. The highest BCUT2D eigenvalue weighted by molar-refractivity contribution is 7.99. The van der Waals surface area contributed by atoms with E-state index >= 15 is 0 Å². The molecule has 2 aromatic carbocycles. The van der Waals surface area contributed by atoms with Crippen molar-refractivity contribution in [3.8, 4) is 11.3 Å². The van der Waals surface area contributed by atoms with Crippen molar-refractivity contribution in [2.45, 2.75) is 5.16 Å². The van der Waals surface area contributed by atoms with E-state index < -0.39 is 11.8 Å². The van der Waals surface area contributed by atoms with Gasteiger partial charge in [0.25, 0.3) is 0 Å². The lowest BCUT2D eigenvalue weighted by Gasteiger charge is -2.07. The van der Waals surface area contributed by atoms with Gasteiger partial charge in [-0.2, -0.15) is 0 Å². The number of rotatable bonds is 6. The maximum atomic E-state index is 11.9. The summed E-state index contributed by atoms with van der Waals surface area (Å²) in [5, 5.41) is 6.19. The average Bonchev–Trinajstić information content (AvgIpc) is 3.16. The SMILES string of the molecule is O=C(NCCSc1ncc(-c2ccccc2)[nH]1)C(=O)Nc1ccccc1Cl. The van der Waals surface area contributed by atoms with Crippen LogP contribution in [0.4, 0.5) is 5.69 Å². The van der Waals surface area contributed by atoms with Crippen molar-refractivity contribution in [2.75, 3.05) is 17.6 Å². The van der Waals surface area contributed by atoms with Crippen LogP contribution >= 0.6 is 23.4 Å². The molecular weight excluding hydrogens is 384 g/mol. The number of nitrogens with one attached hydrogen (secondary N) is 3. The monoisotopic (exact) mass is 400 g/mol. The summed E-state index contributed by atoms with van der Waals surface area (Å²) in [7, 11) is 0. The quantitative estimate of drug-likeness (QED) is 0.335. The number of aromatic amines is 1. The summed E-state index contributed by atoms with van der Waals surface area (Å²) in [6, 6.07) is 16.6. The summed E-state index contributed by atoms with van der Waals surface area (Å²) in [5.41, 5.74) is 2.39. The van der Waals surface area contributed by atoms with Crippen LogP contribution in [0.3, 0.4) is 0 Å². The zero-order valence-electron chi connectivity index (χ0n) is 14.2. The Hall–Kier alpha value is -2.77. The second kappa shape index (κ2) is 9.25. The van der Waals surface area contributed by atoms with Gasteiger partial charge in [0.1, 0.15) is 0 Å². The maximum Gasteiger partial charge on any atom is 0.313 e. The van der Waals surface area contributed by atoms with Gasteiger partial charge in [0.05, 0.1) is 22.6 Å². The summed E-state index contributed by atoms with van der Waals surface area (Å²) in [6.45, 7) is 0.334. The van der Waals surface area contributed by atoms with E-state index in [-0.39, 0.29) is 0 Å². The predicted octanol–water partition coefficient (Wildman–Crippen LogP) is 3.58. The molecule has 0 atom stereocenters. The van der Waals surface area contributed by atoms with E-state index in [2.05, 4.69) is 20.6 Å². The molecule has 3 N–H and O–H groups in total. The number of H-pyrrole nitrogens is 1. The number of anilines is 1. The fraction of sp³-hybridized carbons (Fsp3) is 0.105. The number of amides is 2. The van der Waals surface area contributed by atoms with Crippen LogP contribution in [0.25, 0.3) is 11.3 Å². The average molecular weight is 401 g/mol. The number of nitrogens with zero attached hydrogens (tertiary/aromatic N) is 1. The van der Waals surface area contributed by atoms with Crippen LogP contribution < -0.4 is 10.6 Å². The second-order valence-corrected chi connectivity index (χ2v) is 7.00. The summed E-state index contributed by atoms with van der Waals surface area (Å²) < 4.78 is 0. The standard InChI is InChI=1S/C19H17ClN4O2S/c20-14-8-4-5-9-15(14)23-18(26)17(25)21-10-11-27-19-22-12-16(24-19)13-6-2-1-3-7-13/h1-9,12H,10-11H2,(H,21,25)(H,22,24)(H,23,26). The minimum Gasteiger partial charge on any atom is -0.347 e. The van der Waals surface area contributed by atoms with Crippen molar-refractivity contribution in [3.05, 3.63) is 65.8 Å². The smallest absolute Gasteiger partial charge is 0.313 e. The lowest BCUT2D eigenvalue weighted by molar-refractivity contribution is -0.136. The maximum absolute atomic E-state index is 11.9. The van der Waals surface area contributed by atoms with Crippen molar-refractivity contribution < 1.29 is 9.59 Å². The predicted molar refractivity (Wildman–Crippen MR) is 108 cm³/mol. The Bertz CT molecular complexity index is 930. The van der Waals surface area contributed by atoms with E-state index in [4.69, 9.17) is 11.6 Å². The zero-order chi connectivity index (χ0) is 19.1. The Kier molecular flexibility index (Phi) is 6.51. The number of imidazole rings is 1. The first-order valence-electron chi connectivity index (χ1n) is 8.20. The van der Waals surface area contributed by atoms with Crippen molar-refractivity contribution >= 4 is 40.9 Å². The van der Waals surface area contributed by atoms with Crippen molar-refractivity contribution in [1.29, 1.82) is 0 Å². The minimum absolute atomic E-state index is 0.334. The minimum atomic E-state index is -0.752. The Morgan fingerprint density at radius 3 is 2.56 bits per heavy atom. The van der Waals surface area contributed by atoms with Gasteiger partial charge in [0.15, 0.2) is 5.16 Å². The molecule has 1 aromatic heterocycles. The Morgan fingerprint density at radius 1 is 1.04 bits per heavy atom. The molecule has 27 heavy (non-hydrogen) atoms. The molecule has 8 heteroatoms. The van der Waals surface area contributed by atoms with Gasteiger partial charge in [-0.15, -0.1) is 0 Å². The summed E-state index contributed by atoms with van der Waals surface area (Å²) in [5.74, 6) is -0.884. The number of hydrogen-bond donors (Lipinski definition) is 3. The van der Waals surface area contributed by atoms with Gasteiger partial charge >= 0.3 is 11.8 Å². The van der Waals surface area contributed by atoms with Crippen molar-refractivity contribution in [3.63, 3.8) is 0 Å². The van der Waals surface area contributed by atoms with E-state index in [9.17, 15) is 9.59 Å². The van der Waals surface area contributed by atoms with Gasteiger partial charge < -0.3 is 15.6 Å². The third-order valence-corrected chi connectivity index (χ3v) is 4.81. The number of benzene rings is 2. The molecule has 6 nitrogen and oxygen atoms in total.